The van der Waals surface area contributed by atoms with Crippen molar-refractivity contribution >= 4 is 34.5 Å². The number of para-hydroxylation sites is 1. The standard InChI is InChI=1S/C25H26ClN3O2S/c1-28-13-11-25(12-14-28)20-7-2-3-8-21(20)29(23(25)17-5-4-6-18(26)15-17)16-19-9-10-22(32-19)24(30)27-31/h2-10,15,23,31H,11-14,16H2,1H3,(H,27,30)/t23-/m1/s1. The average molecular weight is 468 g/mol. The molecule has 2 N–H and O–H groups in total. The molecular formula is C25H26ClN3O2S. The van der Waals surface area contributed by atoms with Crippen LogP contribution in [0.2, 0.25) is 5.02 Å². The van der Waals surface area contributed by atoms with Gasteiger partial charge in [-0.05, 0) is 74.4 Å². The number of nitrogens with one attached hydrogen (secondary N) is 1. The predicted molar refractivity (Wildman–Crippen MR) is 129 cm³/mol. The number of piperidine rings is 1. The van der Waals surface area contributed by atoms with Gasteiger partial charge in [-0.15, -0.1) is 11.3 Å². The van der Waals surface area contributed by atoms with Crippen molar-refractivity contribution in [3.63, 3.8) is 0 Å². The maximum atomic E-state index is 11.9. The van der Waals surface area contributed by atoms with E-state index in [-0.39, 0.29) is 11.5 Å². The van der Waals surface area contributed by atoms with Gasteiger partial charge in [-0.3, -0.25) is 10.0 Å². The van der Waals surface area contributed by atoms with Gasteiger partial charge < -0.3 is 9.80 Å². The lowest BCUT2D eigenvalue weighted by Crippen LogP contribution is -2.45. The number of hydrogen-bond donors (Lipinski definition) is 2. The van der Waals surface area contributed by atoms with E-state index in [4.69, 9.17) is 16.8 Å². The Hall–Kier alpha value is -2.38. The smallest absolute Gasteiger partial charge is 0.284 e. The van der Waals surface area contributed by atoms with Crippen LogP contribution >= 0.6 is 22.9 Å². The highest BCUT2D eigenvalue weighted by molar-refractivity contribution is 7.14. The summed E-state index contributed by atoms with van der Waals surface area (Å²) < 4.78 is 0. The second-order valence-electron chi connectivity index (χ2n) is 8.77. The minimum Gasteiger partial charge on any atom is -0.358 e. The summed E-state index contributed by atoms with van der Waals surface area (Å²) in [5, 5.41) is 9.75. The van der Waals surface area contributed by atoms with Gasteiger partial charge in [0, 0.05) is 21.0 Å². The molecule has 32 heavy (non-hydrogen) atoms. The van der Waals surface area contributed by atoms with Crippen LogP contribution in [0, 0.1) is 0 Å². The van der Waals surface area contributed by atoms with Crippen molar-refractivity contribution in [1.82, 2.24) is 10.4 Å². The molecule has 5 nitrogen and oxygen atoms in total. The second-order valence-corrected chi connectivity index (χ2v) is 10.4. The first kappa shape index (κ1) is 21.5. The van der Waals surface area contributed by atoms with E-state index in [2.05, 4.69) is 53.2 Å². The Morgan fingerprint density at radius 2 is 1.94 bits per heavy atom. The zero-order valence-electron chi connectivity index (χ0n) is 17.9. The minimum absolute atomic E-state index is 0.0103. The lowest BCUT2D eigenvalue weighted by atomic mass is 9.67. The molecule has 1 atom stereocenters. The molecule has 5 rings (SSSR count). The molecule has 3 heterocycles. The van der Waals surface area contributed by atoms with Crippen LogP contribution in [0.3, 0.4) is 0 Å². The summed E-state index contributed by atoms with van der Waals surface area (Å²) in [6.07, 6.45) is 2.16. The molecule has 1 amide bonds. The molecule has 7 heteroatoms. The summed E-state index contributed by atoms with van der Waals surface area (Å²) in [6.45, 7) is 2.80. The van der Waals surface area contributed by atoms with Crippen molar-refractivity contribution in [1.29, 1.82) is 0 Å². The molecule has 3 aromatic rings. The quantitative estimate of drug-likeness (QED) is 0.406. The number of hydroxylamine groups is 1. The van der Waals surface area contributed by atoms with Crippen LogP contribution in [0.5, 0.6) is 0 Å². The normalized spacial score (nSPS) is 19.8. The first-order valence-corrected chi connectivity index (χ1v) is 12.0. The molecule has 0 unspecified atom stereocenters. The van der Waals surface area contributed by atoms with Crippen molar-refractivity contribution in [2.24, 2.45) is 0 Å². The van der Waals surface area contributed by atoms with Crippen LogP contribution < -0.4 is 10.4 Å². The van der Waals surface area contributed by atoms with E-state index in [9.17, 15) is 4.79 Å². The zero-order valence-corrected chi connectivity index (χ0v) is 19.5. The lowest BCUT2D eigenvalue weighted by molar-refractivity contribution is 0.0711. The SMILES string of the molecule is CN1CCC2(CC1)c1ccccc1N(Cc1ccc(C(=O)NO)s1)[C@@H]2c1cccc(Cl)c1. The summed E-state index contributed by atoms with van der Waals surface area (Å²) in [7, 11) is 2.19. The van der Waals surface area contributed by atoms with Gasteiger partial charge in [-0.1, -0.05) is 41.9 Å². The third kappa shape index (κ3) is 3.61. The zero-order chi connectivity index (χ0) is 22.3. The van der Waals surface area contributed by atoms with Gasteiger partial charge in [0.05, 0.1) is 17.5 Å². The molecule has 0 radical (unpaired) electrons. The summed E-state index contributed by atoms with van der Waals surface area (Å²) in [6, 6.07) is 20.9. The number of fused-ring (bicyclic) bond motifs is 2. The van der Waals surface area contributed by atoms with Gasteiger partial charge >= 0.3 is 0 Å². The molecule has 1 saturated heterocycles. The van der Waals surface area contributed by atoms with E-state index in [0.717, 1.165) is 35.8 Å². The van der Waals surface area contributed by atoms with Crippen LogP contribution in [0.1, 0.15) is 44.6 Å². The number of rotatable bonds is 4. The molecule has 2 aromatic carbocycles. The number of anilines is 1. The maximum absolute atomic E-state index is 11.9. The predicted octanol–water partition coefficient (Wildman–Crippen LogP) is 5.25. The van der Waals surface area contributed by atoms with Crippen LogP contribution in [0.15, 0.2) is 60.7 Å². The molecular weight excluding hydrogens is 442 g/mol. The van der Waals surface area contributed by atoms with Gasteiger partial charge in [-0.25, -0.2) is 5.48 Å². The number of carbonyl (C=O) groups is 1. The van der Waals surface area contributed by atoms with E-state index in [0.29, 0.717) is 11.4 Å². The Bertz CT molecular complexity index is 1140. The van der Waals surface area contributed by atoms with Crippen LogP contribution in [0.4, 0.5) is 5.69 Å². The number of nitrogens with zero attached hydrogens (tertiary/aromatic N) is 2. The second kappa shape index (κ2) is 8.52. The Morgan fingerprint density at radius 1 is 1.16 bits per heavy atom. The number of likely N-dealkylation sites (tertiary alicyclic amines) is 1. The Labute approximate surface area is 197 Å². The lowest BCUT2D eigenvalue weighted by Gasteiger charge is -2.44. The van der Waals surface area contributed by atoms with E-state index in [1.165, 1.54) is 28.2 Å². The Balaban J connectivity index is 1.61. The maximum Gasteiger partial charge on any atom is 0.284 e. The monoisotopic (exact) mass is 467 g/mol. The molecule has 1 aromatic heterocycles. The summed E-state index contributed by atoms with van der Waals surface area (Å²) in [4.78, 5) is 18.3. The number of halogens is 1. The Morgan fingerprint density at radius 3 is 2.69 bits per heavy atom. The van der Waals surface area contributed by atoms with Gasteiger partial charge in [0.2, 0.25) is 0 Å². The summed E-state index contributed by atoms with van der Waals surface area (Å²) in [5.74, 6) is -0.471. The molecule has 0 aliphatic carbocycles. The van der Waals surface area contributed by atoms with Gasteiger partial charge in [0.1, 0.15) is 0 Å². The van der Waals surface area contributed by atoms with Crippen LogP contribution in [0.25, 0.3) is 0 Å². The molecule has 1 spiro atoms. The van der Waals surface area contributed by atoms with Gasteiger partial charge in [0.25, 0.3) is 5.91 Å². The van der Waals surface area contributed by atoms with Gasteiger partial charge in [0.15, 0.2) is 0 Å². The van der Waals surface area contributed by atoms with E-state index in [1.807, 2.05) is 18.2 Å². The molecule has 2 aliphatic heterocycles. The molecule has 166 valence electrons. The highest BCUT2D eigenvalue weighted by Gasteiger charge is 2.52. The number of hydrogen-bond acceptors (Lipinski definition) is 5. The molecule has 1 fully saturated rings. The fourth-order valence-corrected chi connectivity index (χ4v) is 6.55. The highest BCUT2D eigenvalue weighted by atomic mass is 35.5. The van der Waals surface area contributed by atoms with E-state index >= 15 is 0 Å². The van der Waals surface area contributed by atoms with Crippen molar-refractivity contribution < 1.29 is 10.0 Å². The number of carbonyl (C=O) groups excluding carboxylic acids is 1. The third-order valence-electron chi connectivity index (χ3n) is 6.94. The fraction of sp³-hybridized carbons (Fsp3) is 0.320. The molecule has 2 aliphatic rings. The minimum atomic E-state index is -0.471. The van der Waals surface area contributed by atoms with Crippen molar-refractivity contribution in [2.45, 2.75) is 30.8 Å². The summed E-state index contributed by atoms with van der Waals surface area (Å²) in [5.41, 5.74) is 5.63. The first-order valence-electron chi connectivity index (χ1n) is 10.9. The first-order chi connectivity index (χ1) is 15.5. The van der Waals surface area contributed by atoms with E-state index < -0.39 is 5.91 Å². The van der Waals surface area contributed by atoms with Crippen molar-refractivity contribution in [3.8, 4) is 0 Å². The topological polar surface area (TPSA) is 55.8 Å². The van der Waals surface area contributed by atoms with E-state index in [1.54, 1.807) is 11.5 Å². The number of benzene rings is 2. The number of amides is 1. The van der Waals surface area contributed by atoms with Crippen LogP contribution in [-0.2, 0) is 12.0 Å². The molecule has 0 saturated carbocycles. The number of thiophene rings is 1. The summed E-state index contributed by atoms with van der Waals surface area (Å²) >= 11 is 7.87. The third-order valence-corrected chi connectivity index (χ3v) is 8.25. The highest BCUT2D eigenvalue weighted by Crippen LogP contribution is 2.58. The van der Waals surface area contributed by atoms with Gasteiger partial charge in [-0.2, -0.15) is 0 Å². The Kier molecular flexibility index (Phi) is 5.72. The van der Waals surface area contributed by atoms with Crippen LogP contribution in [-0.4, -0.2) is 36.2 Å². The fourth-order valence-electron chi connectivity index (χ4n) is 5.45. The average Bonchev–Trinajstić information content (AvgIpc) is 3.37. The molecule has 0 bridgehead atoms. The van der Waals surface area contributed by atoms with Crippen molar-refractivity contribution in [3.05, 3.63) is 86.6 Å². The largest absolute Gasteiger partial charge is 0.358 e. The van der Waals surface area contributed by atoms with Crippen molar-refractivity contribution in [2.75, 3.05) is 25.0 Å².